The van der Waals surface area contributed by atoms with Crippen LogP contribution in [0.15, 0.2) is 35.3 Å². The predicted molar refractivity (Wildman–Crippen MR) is 91.8 cm³/mol. The molecule has 0 atom stereocenters. The van der Waals surface area contributed by atoms with Crippen molar-refractivity contribution in [2.24, 2.45) is 0 Å². The highest BCUT2D eigenvalue weighted by atomic mass is 79.9. The zero-order valence-corrected chi connectivity index (χ0v) is 15.5. The average molecular weight is 407 g/mol. The molecule has 0 heterocycles. The molecule has 1 amide bonds. The third-order valence-corrected chi connectivity index (χ3v) is 5.57. The highest BCUT2D eigenvalue weighted by molar-refractivity contribution is 9.10. The molecule has 0 aliphatic heterocycles. The Bertz CT molecular complexity index is 679. The molecule has 0 aromatic heterocycles. The van der Waals surface area contributed by atoms with Crippen LogP contribution in [0.4, 0.5) is 4.39 Å². The molecule has 0 radical (unpaired) electrons. The minimum absolute atomic E-state index is 0.0378. The van der Waals surface area contributed by atoms with E-state index in [4.69, 9.17) is 0 Å². The van der Waals surface area contributed by atoms with Crippen molar-refractivity contribution in [3.8, 4) is 0 Å². The van der Waals surface area contributed by atoms with Gasteiger partial charge in [-0.15, -0.1) is 6.58 Å². The van der Waals surface area contributed by atoms with Crippen molar-refractivity contribution in [2.45, 2.75) is 13.5 Å². The quantitative estimate of drug-likeness (QED) is 0.622. The fraction of sp³-hybridized carbons (Fsp3) is 0.400. The van der Waals surface area contributed by atoms with Crippen LogP contribution in [0, 0.1) is 5.82 Å². The van der Waals surface area contributed by atoms with Crippen LogP contribution >= 0.6 is 15.9 Å². The average Bonchev–Trinajstić information content (AvgIpc) is 2.50. The van der Waals surface area contributed by atoms with Crippen LogP contribution in [0.5, 0.6) is 0 Å². The summed E-state index contributed by atoms with van der Waals surface area (Å²) < 4.78 is 39.0. The lowest BCUT2D eigenvalue weighted by molar-refractivity contribution is -0.131. The largest absolute Gasteiger partial charge is 0.333 e. The van der Waals surface area contributed by atoms with E-state index in [0.29, 0.717) is 10.0 Å². The van der Waals surface area contributed by atoms with Crippen LogP contribution in [-0.4, -0.2) is 49.4 Å². The van der Waals surface area contributed by atoms with Gasteiger partial charge in [0.25, 0.3) is 0 Å². The Balaban J connectivity index is 2.91. The molecule has 1 rings (SSSR count). The number of nitrogens with zero attached hydrogens (tertiary/aromatic N) is 2. The lowest BCUT2D eigenvalue weighted by atomic mass is 10.2. The summed E-state index contributed by atoms with van der Waals surface area (Å²) in [5.41, 5.74) is 0.343. The van der Waals surface area contributed by atoms with E-state index in [2.05, 4.69) is 22.5 Å². The number of sulfonamides is 1. The minimum atomic E-state index is -3.45. The third kappa shape index (κ3) is 5.71. The molecule has 0 saturated heterocycles. The molecule has 0 bridgehead atoms. The van der Waals surface area contributed by atoms with E-state index in [0.717, 1.165) is 4.31 Å². The molecule has 0 N–H and O–H groups in total. The maximum absolute atomic E-state index is 13.8. The highest BCUT2D eigenvalue weighted by Gasteiger charge is 2.22. The number of hydrogen-bond acceptors (Lipinski definition) is 3. The van der Waals surface area contributed by atoms with E-state index >= 15 is 0 Å². The highest BCUT2D eigenvalue weighted by Crippen LogP contribution is 2.17. The molecule has 128 valence electrons. The van der Waals surface area contributed by atoms with Crippen LogP contribution in [0.1, 0.15) is 12.5 Å². The zero-order valence-electron chi connectivity index (χ0n) is 13.1. The Morgan fingerprint density at radius 2 is 2.09 bits per heavy atom. The van der Waals surface area contributed by atoms with E-state index in [1.165, 1.54) is 31.0 Å². The van der Waals surface area contributed by atoms with Crippen molar-refractivity contribution in [3.63, 3.8) is 0 Å². The smallest absolute Gasteiger partial charge is 0.238 e. The maximum Gasteiger partial charge on any atom is 0.238 e. The van der Waals surface area contributed by atoms with Crippen molar-refractivity contribution in [1.82, 2.24) is 9.21 Å². The van der Waals surface area contributed by atoms with Crippen LogP contribution in [0.25, 0.3) is 0 Å². The minimum Gasteiger partial charge on any atom is -0.333 e. The molecule has 0 unspecified atom stereocenters. The standard InChI is InChI=1S/C15H20BrFN2O3S/c1-4-8-19(10-12-9-13(16)6-7-14(12)17)15(20)11-18(3)23(21,22)5-2/h4,6-7,9H,1,5,8,10-11H2,2-3H3. The van der Waals surface area contributed by atoms with Crippen molar-refractivity contribution in [1.29, 1.82) is 0 Å². The monoisotopic (exact) mass is 406 g/mol. The van der Waals surface area contributed by atoms with Gasteiger partial charge in [-0.25, -0.2) is 12.8 Å². The fourth-order valence-corrected chi connectivity index (χ4v) is 3.05. The molecule has 0 aliphatic carbocycles. The fourth-order valence-electron chi connectivity index (χ4n) is 1.89. The second-order valence-corrected chi connectivity index (χ2v) is 8.24. The van der Waals surface area contributed by atoms with Gasteiger partial charge in [-0.05, 0) is 25.1 Å². The Hall–Kier alpha value is -1.25. The number of likely N-dealkylation sites (N-methyl/N-ethyl adjacent to an activating group) is 1. The molecular weight excluding hydrogens is 387 g/mol. The van der Waals surface area contributed by atoms with E-state index in [9.17, 15) is 17.6 Å². The van der Waals surface area contributed by atoms with Crippen LogP contribution in [-0.2, 0) is 21.4 Å². The molecule has 0 aliphatic rings. The second-order valence-electron chi connectivity index (χ2n) is 4.96. The molecular formula is C15H20BrFN2O3S. The topological polar surface area (TPSA) is 57.7 Å². The van der Waals surface area contributed by atoms with Gasteiger partial charge in [-0.3, -0.25) is 4.79 Å². The summed E-state index contributed by atoms with van der Waals surface area (Å²) in [5.74, 6) is -0.924. The van der Waals surface area contributed by atoms with Crippen molar-refractivity contribution in [2.75, 3.05) is 25.9 Å². The number of hydrogen-bond donors (Lipinski definition) is 0. The van der Waals surface area contributed by atoms with Gasteiger partial charge in [-0.2, -0.15) is 4.31 Å². The summed E-state index contributed by atoms with van der Waals surface area (Å²) in [6.45, 7) is 5.03. The van der Waals surface area contributed by atoms with Gasteiger partial charge in [0.15, 0.2) is 0 Å². The Labute approximate surface area is 145 Å². The van der Waals surface area contributed by atoms with E-state index in [-0.39, 0.29) is 25.4 Å². The Kier molecular flexibility index (Phi) is 7.37. The predicted octanol–water partition coefficient (Wildman–Crippen LogP) is 2.38. The van der Waals surface area contributed by atoms with E-state index in [1.54, 1.807) is 12.1 Å². The second kappa shape index (κ2) is 8.56. The SMILES string of the molecule is C=CCN(Cc1cc(Br)ccc1F)C(=O)CN(C)S(=O)(=O)CC. The molecule has 1 aromatic rings. The summed E-state index contributed by atoms with van der Waals surface area (Å²) in [6, 6.07) is 4.47. The number of carbonyl (C=O) groups is 1. The molecule has 0 spiro atoms. The number of amides is 1. The lowest BCUT2D eigenvalue weighted by Gasteiger charge is -2.24. The third-order valence-electron chi connectivity index (χ3n) is 3.27. The van der Waals surface area contributed by atoms with Gasteiger partial charge in [0.1, 0.15) is 5.82 Å². The number of halogens is 2. The first kappa shape index (κ1) is 19.8. The van der Waals surface area contributed by atoms with Crippen molar-refractivity contribution < 1.29 is 17.6 Å². The van der Waals surface area contributed by atoms with Crippen LogP contribution in [0.2, 0.25) is 0 Å². The van der Waals surface area contributed by atoms with Crippen LogP contribution < -0.4 is 0 Å². The first-order valence-corrected chi connectivity index (χ1v) is 9.38. The summed E-state index contributed by atoms with van der Waals surface area (Å²) in [4.78, 5) is 13.7. The van der Waals surface area contributed by atoms with Gasteiger partial charge in [0, 0.05) is 30.2 Å². The van der Waals surface area contributed by atoms with Crippen molar-refractivity contribution >= 4 is 31.9 Å². The molecule has 23 heavy (non-hydrogen) atoms. The molecule has 1 aromatic carbocycles. The summed E-state index contributed by atoms with van der Waals surface area (Å²) in [5, 5.41) is 0. The van der Waals surface area contributed by atoms with Gasteiger partial charge >= 0.3 is 0 Å². The van der Waals surface area contributed by atoms with Crippen molar-refractivity contribution in [3.05, 3.63) is 46.7 Å². The van der Waals surface area contributed by atoms with Gasteiger partial charge in [-0.1, -0.05) is 22.0 Å². The number of carbonyl (C=O) groups excluding carboxylic acids is 1. The summed E-state index contributed by atoms with van der Waals surface area (Å²) >= 11 is 3.26. The van der Waals surface area contributed by atoms with E-state index < -0.39 is 21.7 Å². The lowest BCUT2D eigenvalue weighted by Crippen LogP contribution is -2.41. The summed E-state index contributed by atoms with van der Waals surface area (Å²) in [7, 11) is -2.10. The molecule has 5 nitrogen and oxygen atoms in total. The molecule has 0 saturated carbocycles. The normalized spacial score (nSPS) is 11.5. The Morgan fingerprint density at radius 1 is 1.43 bits per heavy atom. The summed E-state index contributed by atoms with van der Waals surface area (Å²) in [6.07, 6.45) is 1.52. The van der Waals surface area contributed by atoms with Gasteiger partial charge in [0.2, 0.25) is 15.9 Å². The molecule has 0 fully saturated rings. The molecule has 8 heteroatoms. The maximum atomic E-state index is 13.8. The number of rotatable bonds is 8. The van der Waals surface area contributed by atoms with Crippen LogP contribution in [0.3, 0.4) is 0 Å². The Morgan fingerprint density at radius 3 is 2.65 bits per heavy atom. The first-order valence-electron chi connectivity index (χ1n) is 6.97. The van der Waals surface area contributed by atoms with E-state index in [1.807, 2.05) is 0 Å². The van der Waals surface area contributed by atoms with Gasteiger partial charge in [0.05, 0.1) is 12.3 Å². The zero-order chi connectivity index (χ0) is 17.6. The number of benzene rings is 1. The van der Waals surface area contributed by atoms with Gasteiger partial charge < -0.3 is 4.90 Å². The first-order chi connectivity index (χ1) is 10.7.